The highest BCUT2D eigenvalue weighted by atomic mass is 32.2. The first kappa shape index (κ1) is 11.3. The maximum Gasteiger partial charge on any atom is 0.0689 e. The van der Waals surface area contributed by atoms with E-state index >= 15 is 0 Å². The van der Waals surface area contributed by atoms with Crippen LogP contribution < -0.4 is 0 Å². The van der Waals surface area contributed by atoms with Crippen LogP contribution in [0.25, 0.3) is 0 Å². The fourth-order valence-corrected chi connectivity index (χ4v) is 1.90. The number of benzene rings is 1. The Balaban J connectivity index is 2.35. The van der Waals surface area contributed by atoms with Crippen molar-refractivity contribution in [2.24, 2.45) is 5.92 Å². The minimum Gasteiger partial charge on any atom is -0.298 e. The van der Waals surface area contributed by atoms with Gasteiger partial charge < -0.3 is 0 Å². The smallest absolute Gasteiger partial charge is 0.0689 e. The van der Waals surface area contributed by atoms with E-state index in [2.05, 4.69) is 26.0 Å². The quantitative estimate of drug-likeness (QED) is 0.446. The molecule has 0 aliphatic carbocycles. The third kappa shape index (κ3) is 4.47. The zero-order valence-electron chi connectivity index (χ0n) is 8.79. The van der Waals surface area contributed by atoms with Gasteiger partial charge in [-0.1, -0.05) is 43.8 Å². The topological polar surface area (TPSA) is 23.9 Å². The van der Waals surface area contributed by atoms with Crippen LogP contribution in [-0.4, -0.2) is 5.04 Å². The SMILES string of the molecule is CC(C)CCC(=N)Sc1ccccc1. The number of hydrogen-bond acceptors (Lipinski definition) is 2. The average Bonchev–Trinajstić information content (AvgIpc) is 2.16. The van der Waals surface area contributed by atoms with Crippen LogP contribution in [0.15, 0.2) is 35.2 Å². The van der Waals surface area contributed by atoms with Crippen molar-refractivity contribution in [2.75, 3.05) is 0 Å². The fraction of sp³-hybridized carbons (Fsp3) is 0.417. The Morgan fingerprint density at radius 2 is 1.93 bits per heavy atom. The van der Waals surface area contributed by atoms with Gasteiger partial charge in [-0.05, 0) is 30.9 Å². The molecule has 1 N–H and O–H groups in total. The molecule has 2 heteroatoms. The van der Waals surface area contributed by atoms with Crippen molar-refractivity contribution in [1.82, 2.24) is 0 Å². The molecule has 0 saturated heterocycles. The van der Waals surface area contributed by atoms with Crippen molar-refractivity contribution in [3.05, 3.63) is 30.3 Å². The average molecular weight is 207 g/mol. The van der Waals surface area contributed by atoms with E-state index in [4.69, 9.17) is 5.41 Å². The van der Waals surface area contributed by atoms with Crippen LogP contribution in [-0.2, 0) is 0 Å². The van der Waals surface area contributed by atoms with Crippen molar-refractivity contribution >= 4 is 16.8 Å². The van der Waals surface area contributed by atoms with Crippen molar-refractivity contribution in [3.8, 4) is 0 Å². The summed E-state index contributed by atoms with van der Waals surface area (Å²) in [5.41, 5.74) is 0. The second kappa shape index (κ2) is 5.86. The van der Waals surface area contributed by atoms with Crippen molar-refractivity contribution in [1.29, 1.82) is 5.41 Å². The molecule has 0 bridgehead atoms. The first-order chi connectivity index (χ1) is 6.68. The lowest BCUT2D eigenvalue weighted by Crippen LogP contribution is -1.94. The van der Waals surface area contributed by atoms with Crippen LogP contribution in [0, 0.1) is 11.3 Å². The summed E-state index contributed by atoms with van der Waals surface area (Å²) in [7, 11) is 0. The lowest BCUT2D eigenvalue weighted by Gasteiger charge is -2.05. The van der Waals surface area contributed by atoms with Gasteiger partial charge in [0.2, 0.25) is 0 Å². The van der Waals surface area contributed by atoms with Gasteiger partial charge in [0.25, 0.3) is 0 Å². The Kier molecular flexibility index (Phi) is 4.74. The zero-order chi connectivity index (χ0) is 10.4. The van der Waals surface area contributed by atoms with E-state index in [9.17, 15) is 0 Å². The predicted octanol–water partition coefficient (Wildman–Crippen LogP) is 4.19. The monoisotopic (exact) mass is 207 g/mol. The highest BCUT2D eigenvalue weighted by molar-refractivity contribution is 8.13. The minimum atomic E-state index is 0.687. The third-order valence-corrected chi connectivity index (χ3v) is 2.89. The van der Waals surface area contributed by atoms with Crippen LogP contribution >= 0.6 is 11.8 Å². The molecule has 0 spiro atoms. The van der Waals surface area contributed by atoms with E-state index in [0.29, 0.717) is 5.92 Å². The van der Waals surface area contributed by atoms with Crippen molar-refractivity contribution in [3.63, 3.8) is 0 Å². The molecule has 0 aromatic heterocycles. The van der Waals surface area contributed by atoms with Crippen LogP contribution in [0.5, 0.6) is 0 Å². The molecule has 14 heavy (non-hydrogen) atoms. The van der Waals surface area contributed by atoms with Gasteiger partial charge in [-0.3, -0.25) is 5.41 Å². The number of hydrogen-bond donors (Lipinski definition) is 1. The molecule has 0 aliphatic heterocycles. The number of nitrogens with one attached hydrogen (secondary N) is 1. The first-order valence-corrected chi connectivity index (χ1v) is 5.80. The van der Waals surface area contributed by atoms with Crippen molar-refractivity contribution < 1.29 is 0 Å². The maximum absolute atomic E-state index is 7.78. The molecule has 1 aromatic rings. The molecule has 1 rings (SSSR count). The minimum absolute atomic E-state index is 0.687. The summed E-state index contributed by atoms with van der Waals surface area (Å²) < 4.78 is 0. The second-order valence-corrected chi connectivity index (χ2v) is 4.94. The molecule has 0 saturated carbocycles. The van der Waals surface area contributed by atoms with E-state index in [1.807, 2.05) is 18.2 Å². The van der Waals surface area contributed by atoms with Crippen LogP contribution in [0.1, 0.15) is 26.7 Å². The molecule has 0 atom stereocenters. The molecule has 1 aromatic carbocycles. The van der Waals surface area contributed by atoms with Crippen LogP contribution in [0.3, 0.4) is 0 Å². The van der Waals surface area contributed by atoms with Gasteiger partial charge in [0.15, 0.2) is 0 Å². The van der Waals surface area contributed by atoms with Gasteiger partial charge in [-0.25, -0.2) is 0 Å². The molecule has 1 nitrogen and oxygen atoms in total. The Morgan fingerprint density at radius 1 is 1.29 bits per heavy atom. The molecule has 0 unspecified atom stereocenters. The van der Waals surface area contributed by atoms with E-state index in [0.717, 1.165) is 17.9 Å². The van der Waals surface area contributed by atoms with E-state index in [1.54, 1.807) is 11.8 Å². The van der Waals surface area contributed by atoms with Crippen LogP contribution in [0.2, 0.25) is 0 Å². The molecule has 0 radical (unpaired) electrons. The van der Waals surface area contributed by atoms with E-state index < -0.39 is 0 Å². The van der Waals surface area contributed by atoms with Gasteiger partial charge in [0, 0.05) is 4.90 Å². The summed E-state index contributed by atoms with van der Waals surface area (Å²) in [6, 6.07) is 10.1. The zero-order valence-corrected chi connectivity index (χ0v) is 9.60. The summed E-state index contributed by atoms with van der Waals surface area (Å²) in [4.78, 5) is 1.17. The van der Waals surface area contributed by atoms with Crippen LogP contribution in [0.4, 0.5) is 0 Å². The molecule has 0 fully saturated rings. The fourth-order valence-electron chi connectivity index (χ4n) is 1.10. The van der Waals surface area contributed by atoms with Gasteiger partial charge in [0.1, 0.15) is 0 Å². The normalized spacial score (nSPS) is 10.5. The Bertz CT molecular complexity index is 280. The summed E-state index contributed by atoms with van der Waals surface area (Å²) in [6.45, 7) is 4.39. The van der Waals surface area contributed by atoms with E-state index in [-0.39, 0.29) is 0 Å². The highest BCUT2D eigenvalue weighted by Crippen LogP contribution is 2.21. The number of thioether (sulfide) groups is 1. The molecule has 76 valence electrons. The van der Waals surface area contributed by atoms with Gasteiger partial charge in [-0.2, -0.15) is 0 Å². The Morgan fingerprint density at radius 3 is 2.50 bits per heavy atom. The maximum atomic E-state index is 7.78. The molecule has 0 heterocycles. The molecular formula is C12H17NS. The molecule has 0 amide bonds. The third-order valence-electron chi connectivity index (χ3n) is 1.93. The largest absolute Gasteiger partial charge is 0.298 e. The molecular weight excluding hydrogens is 190 g/mol. The standard InChI is InChI=1S/C12H17NS/c1-10(2)8-9-12(13)14-11-6-4-3-5-7-11/h3-7,10,13H,8-9H2,1-2H3. The first-order valence-electron chi connectivity index (χ1n) is 4.99. The van der Waals surface area contributed by atoms with Gasteiger partial charge >= 0.3 is 0 Å². The summed E-state index contributed by atoms with van der Waals surface area (Å²) in [5.74, 6) is 0.687. The highest BCUT2D eigenvalue weighted by Gasteiger charge is 2.01. The predicted molar refractivity (Wildman–Crippen MR) is 64.1 cm³/mol. The Labute approximate surface area is 90.4 Å². The molecule has 0 aliphatic rings. The summed E-state index contributed by atoms with van der Waals surface area (Å²) in [5, 5.41) is 8.55. The number of rotatable bonds is 4. The second-order valence-electron chi connectivity index (χ2n) is 3.77. The lowest BCUT2D eigenvalue weighted by molar-refractivity contribution is 0.605. The summed E-state index contributed by atoms with van der Waals surface area (Å²) >= 11 is 1.57. The summed E-state index contributed by atoms with van der Waals surface area (Å²) in [6.07, 6.45) is 2.01. The van der Waals surface area contributed by atoms with Crippen molar-refractivity contribution in [2.45, 2.75) is 31.6 Å². The lowest BCUT2D eigenvalue weighted by atomic mass is 10.1. The van der Waals surface area contributed by atoms with E-state index in [1.165, 1.54) is 4.90 Å². The van der Waals surface area contributed by atoms with Gasteiger partial charge in [-0.15, -0.1) is 0 Å². The Hall–Kier alpha value is -0.760. The van der Waals surface area contributed by atoms with Gasteiger partial charge in [0.05, 0.1) is 5.04 Å².